The van der Waals surface area contributed by atoms with Gasteiger partial charge in [-0.05, 0) is 12.1 Å². The Morgan fingerprint density at radius 3 is 2.60 bits per heavy atom. The van der Waals surface area contributed by atoms with Gasteiger partial charge in [0, 0.05) is 6.20 Å². The molecule has 0 saturated heterocycles. The Balaban J connectivity index is 2.42. The quantitative estimate of drug-likeness (QED) is 0.732. The van der Waals surface area contributed by atoms with Gasteiger partial charge in [-0.3, -0.25) is 9.97 Å². The summed E-state index contributed by atoms with van der Waals surface area (Å²) in [6.07, 6.45) is 4.51. The second-order valence-electron chi connectivity index (χ2n) is 2.77. The Morgan fingerprint density at radius 1 is 1.13 bits per heavy atom. The summed E-state index contributed by atoms with van der Waals surface area (Å²) in [6.45, 7) is 0. The number of pyridine rings is 1. The zero-order chi connectivity index (χ0) is 10.7. The summed E-state index contributed by atoms with van der Waals surface area (Å²) in [5.74, 6) is 0. The number of hydrogen-bond acceptors (Lipinski definition) is 4. The zero-order valence-electron chi connectivity index (χ0n) is 7.55. The van der Waals surface area contributed by atoms with Crippen LogP contribution < -0.4 is 0 Å². The van der Waals surface area contributed by atoms with E-state index < -0.39 is 0 Å². The molecule has 2 aromatic heterocycles. The summed E-state index contributed by atoms with van der Waals surface area (Å²) >= 11 is 5.70. The van der Waals surface area contributed by atoms with Crippen LogP contribution in [0.4, 0.5) is 0 Å². The van der Waals surface area contributed by atoms with Crippen LogP contribution in [-0.4, -0.2) is 15.0 Å². The van der Waals surface area contributed by atoms with Gasteiger partial charge in [-0.15, -0.1) is 0 Å². The number of halogens is 1. The monoisotopic (exact) mass is 216 g/mol. The Labute approximate surface area is 91.2 Å². The van der Waals surface area contributed by atoms with Gasteiger partial charge in [-0.1, -0.05) is 11.6 Å². The van der Waals surface area contributed by atoms with Gasteiger partial charge >= 0.3 is 0 Å². The van der Waals surface area contributed by atoms with Crippen molar-refractivity contribution < 1.29 is 0 Å². The molecule has 5 heteroatoms. The fourth-order valence-electron chi connectivity index (χ4n) is 1.08. The molecule has 15 heavy (non-hydrogen) atoms. The normalized spacial score (nSPS) is 9.60. The number of nitriles is 1. The van der Waals surface area contributed by atoms with E-state index in [0.29, 0.717) is 22.1 Å². The highest BCUT2D eigenvalue weighted by Crippen LogP contribution is 2.15. The lowest BCUT2D eigenvalue weighted by molar-refractivity contribution is 1.17. The van der Waals surface area contributed by atoms with Gasteiger partial charge in [0.1, 0.15) is 16.9 Å². The molecule has 4 nitrogen and oxygen atoms in total. The standard InChI is InChI=1S/C10H5ClN4/c11-10-6-13-5-9(15-10)8-2-1-7(3-12)4-14-8/h1-2,4-6H. The largest absolute Gasteiger partial charge is 0.259 e. The highest BCUT2D eigenvalue weighted by molar-refractivity contribution is 6.29. The van der Waals surface area contributed by atoms with Gasteiger partial charge in [0.25, 0.3) is 0 Å². The lowest BCUT2D eigenvalue weighted by atomic mass is 10.2. The van der Waals surface area contributed by atoms with Crippen LogP contribution in [0.2, 0.25) is 5.15 Å². The van der Waals surface area contributed by atoms with E-state index in [4.69, 9.17) is 16.9 Å². The molecule has 0 radical (unpaired) electrons. The average molecular weight is 217 g/mol. The van der Waals surface area contributed by atoms with E-state index in [0.717, 1.165) is 0 Å². The molecule has 0 amide bonds. The number of rotatable bonds is 1. The van der Waals surface area contributed by atoms with Crippen LogP contribution in [0.15, 0.2) is 30.7 Å². The van der Waals surface area contributed by atoms with Crippen LogP contribution in [0, 0.1) is 11.3 Å². The van der Waals surface area contributed by atoms with Crippen LogP contribution in [0.1, 0.15) is 5.56 Å². The third-order valence-corrected chi connectivity index (χ3v) is 1.94. The zero-order valence-corrected chi connectivity index (χ0v) is 8.31. The summed E-state index contributed by atoms with van der Waals surface area (Å²) in [7, 11) is 0. The van der Waals surface area contributed by atoms with Crippen molar-refractivity contribution >= 4 is 11.6 Å². The predicted molar refractivity (Wildman–Crippen MR) is 55.0 cm³/mol. The first-order valence-electron chi connectivity index (χ1n) is 4.13. The molecule has 0 fully saturated rings. The van der Waals surface area contributed by atoms with Gasteiger partial charge in [0.15, 0.2) is 0 Å². The molecule has 0 bridgehead atoms. The van der Waals surface area contributed by atoms with E-state index >= 15 is 0 Å². The molecule has 2 heterocycles. The van der Waals surface area contributed by atoms with Crippen LogP contribution in [-0.2, 0) is 0 Å². The van der Waals surface area contributed by atoms with Crippen LogP contribution in [0.3, 0.4) is 0 Å². The molecule has 0 unspecified atom stereocenters. The molecule has 0 N–H and O–H groups in total. The summed E-state index contributed by atoms with van der Waals surface area (Å²) < 4.78 is 0. The van der Waals surface area contributed by atoms with Crippen LogP contribution in [0.25, 0.3) is 11.4 Å². The Hall–Kier alpha value is -1.99. The van der Waals surface area contributed by atoms with Crippen molar-refractivity contribution in [3.63, 3.8) is 0 Å². The second kappa shape index (κ2) is 4.03. The van der Waals surface area contributed by atoms with Gasteiger partial charge in [-0.25, -0.2) is 4.98 Å². The molecule has 0 aromatic carbocycles. The minimum atomic E-state index is 0.318. The molecular formula is C10H5ClN4. The van der Waals surface area contributed by atoms with E-state index in [1.165, 1.54) is 12.4 Å². The third-order valence-electron chi connectivity index (χ3n) is 1.76. The first kappa shape index (κ1) is 9.56. The van der Waals surface area contributed by atoms with E-state index in [1.54, 1.807) is 18.3 Å². The number of nitrogens with zero attached hydrogens (tertiary/aromatic N) is 4. The van der Waals surface area contributed by atoms with Crippen molar-refractivity contribution in [2.75, 3.05) is 0 Å². The maximum Gasteiger partial charge on any atom is 0.148 e. The maximum atomic E-state index is 8.60. The van der Waals surface area contributed by atoms with Crippen molar-refractivity contribution in [2.45, 2.75) is 0 Å². The molecule has 0 aliphatic heterocycles. The van der Waals surface area contributed by atoms with Crippen molar-refractivity contribution in [2.24, 2.45) is 0 Å². The van der Waals surface area contributed by atoms with Gasteiger partial charge in [0.2, 0.25) is 0 Å². The summed E-state index contributed by atoms with van der Waals surface area (Å²) in [4.78, 5) is 12.0. The van der Waals surface area contributed by atoms with Crippen LogP contribution >= 0.6 is 11.6 Å². The van der Waals surface area contributed by atoms with Gasteiger partial charge in [0.05, 0.1) is 23.7 Å². The number of aromatic nitrogens is 3. The molecule has 0 aliphatic rings. The van der Waals surface area contributed by atoms with Crippen molar-refractivity contribution in [3.05, 3.63) is 41.4 Å². The van der Waals surface area contributed by atoms with Crippen molar-refractivity contribution in [3.8, 4) is 17.5 Å². The molecule has 72 valence electrons. The SMILES string of the molecule is N#Cc1ccc(-c2cncc(Cl)n2)nc1. The summed E-state index contributed by atoms with van der Waals surface area (Å²) in [5.41, 5.74) is 1.74. The topological polar surface area (TPSA) is 62.5 Å². The Kier molecular flexibility index (Phi) is 2.57. The summed E-state index contributed by atoms with van der Waals surface area (Å²) in [5, 5.41) is 8.92. The third kappa shape index (κ3) is 2.09. The predicted octanol–water partition coefficient (Wildman–Crippen LogP) is 2.06. The average Bonchev–Trinajstić information content (AvgIpc) is 2.29. The van der Waals surface area contributed by atoms with Gasteiger partial charge < -0.3 is 0 Å². The molecule has 0 saturated carbocycles. The second-order valence-corrected chi connectivity index (χ2v) is 3.16. The molecule has 2 aromatic rings. The lowest BCUT2D eigenvalue weighted by Crippen LogP contribution is -1.89. The molecular weight excluding hydrogens is 212 g/mol. The van der Waals surface area contributed by atoms with E-state index in [2.05, 4.69) is 15.0 Å². The fourth-order valence-corrected chi connectivity index (χ4v) is 1.22. The first-order chi connectivity index (χ1) is 7.29. The smallest absolute Gasteiger partial charge is 0.148 e. The van der Waals surface area contributed by atoms with E-state index in [9.17, 15) is 0 Å². The minimum absolute atomic E-state index is 0.318. The number of hydrogen-bond donors (Lipinski definition) is 0. The van der Waals surface area contributed by atoms with Gasteiger partial charge in [-0.2, -0.15) is 5.26 Å². The van der Waals surface area contributed by atoms with E-state index in [1.807, 2.05) is 6.07 Å². The Morgan fingerprint density at radius 2 is 2.00 bits per heavy atom. The molecule has 2 rings (SSSR count). The molecule has 0 aliphatic carbocycles. The maximum absolute atomic E-state index is 8.60. The fraction of sp³-hybridized carbons (Fsp3) is 0. The lowest BCUT2D eigenvalue weighted by Gasteiger charge is -1.98. The highest BCUT2D eigenvalue weighted by Gasteiger charge is 2.02. The highest BCUT2D eigenvalue weighted by atomic mass is 35.5. The minimum Gasteiger partial charge on any atom is -0.259 e. The van der Waals surface area contributed by atoms with E-state index in [-0.39, 0.29) is 0 Å². The van der Waals surface area contributed by atoms with Crippen LogP contribution in [0.5, 0.6) is 0 Å². The van der Waals surface area contributed by atoms with Crippen molar-refractivity contribution in [1.29, 1.82) is 5.26 Å². The molecule has 0 spiro atoms. The summed E-state index contributed by atoms with van der Waals surface area (Å²) in [6, 6.07) is 5.37. The van der Waals surface area contributed by atoms with Crippen molar-refractivity contribution in [1.82, 2.24) is 15.0 Å². The first-order valence-corrected chi connectivity index (χ1v) is 4.51. The Bertz CT molecular complexity index is 516. The molecule has 0 atom stereocenters.